The first-order valence-corrected chi connectivity index (χ1v) is 12.4. The van der Waals surface area contributed by atoms with Crippen LogP contribution in [0, 0.1) is 6.92 Å². The third-order valence-corrected chi connectivity index (χ3v) is 9.49. The fourth-order valence-corrected chi connectivity index (χ4v) is 7.17. The van der Waals surface area contributed by atoms with Crippen molar-refractivity contribution >= 4 is 20.0 Å². The van der Waals surface area contributed by atoms with Crippen LogP contribution in [0.25, 0.3) is 0 Å². The molecule has 7 nitrogen and oxygen atoms in total. The number of hydrogen-bond donors (Lipinski definition) is 0. The number of piperidine rings is 1. The first kappa shape index (κ1) is 20.5. The number of hydrogen-bond acceptors (Lipinski definition) is 5. The van der Waals surface area contributed by atoms with Crippen molar-refractivity contribution < 1.29 is 21.6 Å². The number of nitrogens with zero attached hydrogens (tertiary/aromatic N) is 2. The van der Waals surface area contributed by atoms with Crippen molar-refractivity contribution in [2.75, 3.05) is 26.2 Å². The molecule has 0 aliphatic carbocycles. The van der Waals surface area contributed by atoms with Gasteiger partial charge in [-0.1, -0.05) is 35.9 Å². The molecular formula is C20H24N2O5S2. The molecule has 2 aliphatic heterocycles. The van der Waals surface area contributed by atoms with Crippen molar-refractivity contribution in [3.05, 3.63) is 60.2 Å². The highest BCUT2D eigenvalue weighted by Crippen LogP contribution is 2.39. The Morgan fingerprint density at radius 3 is 2.00 bits per heavy atom. The highest BCUT2D eigenvalue weighted by atomic mass is 32.2. The van der Waals surface area contributed by atoms with Crippen LogP contribution in [0.2, 0.25) is 0 Å². The lowest BCUT2D eigenvalue weighted by atomic mass is 10.0. The predicted molar refractivity (Wildman–Crippen MR) is 108 cm³/mol. The summed E-state index contributed by atoms with van der Waals surface area (Å²) in [6.45, 7) is 2.88. The molecule has 2 aromatic carbocycles. The normalized spacial score (nSPS) is 20.9. The number of ether oxygens (including phenoxy) is 1. The van der Waals surface area contributed by atoms with E-state index in [1.54, 1.807) is 54.6 Å². The van der Waals surface area contributed by atoms with E-state index >= 15 is 0 Å². The van der Waals surface area contributed by atoms with Crippen molar-refractivity contribution in [2.24, 2.45) is 0 Å². The molecule has 0 aromatic heterocycles. The van der Waals surface area contributed by atoms with Gasteiger partial charge in [0.1, 0.15) is 5.72 Å². The lowest BCUT2D eigenvalue weighted by molar-refractivity contribution is -0.0806. The molecule has 0 N–H and O–H groups in total. The minimum Gasteiger partial charge on any atom is -0.358 e. The minimum atomic E-state index is -3.73. The van der Waals surface area contributed by atoms with Gasteiger partial charge in [0.25, 0.3) is 0 Å². The highest BCUT2D eigenvalue weighted by Gasteiger charge is 2.51. The van der Waals surface area contributed by atoms with Crippen LogP contribution in [0.15, 0.2) is 64.4 Å². The molecule has 1 spiro atoms. The van der Waals surface area contributed by atoms with Crippen molar-refractivity contribution in [3.8, 4) is 0 Å². The molecule has 9 heteroatoms. The summed E-state index contributed by atoms with van der Waals surface area (Å²) < 4.78 is 61.0. The minimum absolute atomic E-state index is 0.206. The van der Waals surface area contributed by atoms with Crippen molar-refractivity contribution in [1.29, 1.82) is 0 Å². The van der Waals surface area contributed by atoms with Gasteiger partial charge in [-0.3, -0.25) is 0 Å². The first-order chi connectivity index (χ1) is 13.8. The molecule has 2 aliphatic rings. The lowest BCUT2D eigenvalue weighted by Crippen LogP contribution is -2.55. The summed E-state index contributed by atoms with van der Waals surface area (Å²) in [5.41, 5.74) is -0.0114. The van der Waals surface area contributed by atoms with Gasteiger partial charge in [0.05, 0.1) is 16.4 Å². The fraction of sp³-hybridized carbons (Fsp3) is 0.400. The van der Waals surface area contributed by atoms with E-state index in [9.17, 15) is 16.8 Å². The molecule has 156 valence electrons. The molecule has 2 heterocycles. The van der Waals surface area contributed by atoms with Crippen molar-refractivity contribution in [3.63, 3.8) is 0 Å². The smallest absolute Gasteiger partial charge is 0.245 e. The van der Waals surface area contributed by atoms with Gasteiger partial charge >= 0.3 is 0 Å². The van der Waals surface area contributed by atoms with E-state index in [1.165, 1.54) is 8.61 Å². The Bertz CT molecular complexity index is 1080. The predicted octanol–water partition coefficient (Wildman–Crippen LogP) is 2.20. The van der Waals surface area contributed by atoms with Crippen LogP contribution >= 0.6 is 0 Å². The topological polar surface area (TPSA) is 84.0 Å². The quantitative estimate of drug-likeness (QED) is 0.734. The van der Waals surface area contributed by atoms with Crippen LogP contribution in [0.1, 0.15) is 18.4 Å². The number of benzene rings is 2. The average molecular weight is 437 g/mol. The second kappa shape index (κ2) is 7.48. The summed E-state index contributed by atoms with van der Waals surface area (Å²) in [6.07, 6.45) is 0.592. The summed E-state index contributed by atoms with van der Waals surface area (Å²) in [5.74, 6) is 0. The van der Waals surface area contributed by atoms with Gasteiger partial charge in [-0.15, -0.1) is 0 Å². The molecule has 0 saturated carbocycles. The Kier molecular flexibility index (Phi) is 5.28. The molecular weight excluding hydrogens is 412 g/mol. The van der Waals surface area contributed by atoms with E-state index in [0.29, 0.717) is 19.4 Å². The maximum Gasteiger partial charge on any atom is 0.245 e. The van der Waals surface area contributed by atoms with E-state index in [2.05, 4.69) is 0 Å². The maximum absolute atomic E-state index is 13.2. The zero-order valence-electron chi connectivity index (χ0n) is 16.2. The molecule has 4 rings (SSSR count). The van der Waals surface area contributed by atoms with Crippen LogP contribution in [0.5, 0.6) is 0 Å². The third kappa shape index (κ3) is 3.62. The Morgan fingerprint density at radius 2 is 1.38 bits per heavy atom. The van der Waals surface area contributed by atoms with Crippen LogP contribution in [-0.2, 0) is 24.8 Å². The Hall–Kier alpha value is -1.78. The third-order valence-electron chi connectivity index (χ3n) is 5.61. The standard InChI is InChI=1S/C20H24N2O5S2/c1-17-7-9-19(10-8-17)29(25,26)22-15-16-27-20(22)11-13-21(14-12-20)28(23,24)18-5-3-2-4-6-18/h2-10H,11-16H2,1H3. The summed E-state index contributed by atoms with van der Waals surface area (Å²) in [4.78, 5) is 0.472. The highest BCUT2D eigenvalue weighted by molar-refractivity contribution is 7.89. The number of rotatable bonds is 4. The number of sulfonamides is 2. The Labute approximate surface area is 172 Å². The molecule has 0 radical (unpaired) electrons. The first-order valence-electron chi connectivity index (χ1n) is 9.54. The second-order valence-corrected chi connectivity index (χ2v) is 11.2. The van der Waals surface area contributed by atoms with E-state index < -0.39 is 25.8 Å². The molecule has 29 heavy (non-hydrogen) atoms. The van der Waals surface area contributed by atoms with Gasteiger partial charge < -0.3 is 4.74 Å². The van der Waals surface area contributed by atoms with Crippen LogP contribution in [0.3, 0.4) is 0 Å². The molecule has 2 aromatic rings. The van der Waals surface area contributed by atoms with Gasteiger partial charge in [0, 0.05) is 32.5 Å². The second-order valence-electron chi connectivity index (χ2n) is 7.40. The van der Waals surface area contributed by atoms with Crippen LogP contribution in [0.4, 0.5) is 0 Å². The fourth-order valence-electron chi connectivity index (χ4n) is 3.98. The van der Waals surface area contributed by atoms with Gasteiger partial charge in [-0.25, -0.2) is 16.8 Å². The monoisotopic (exact) mass is 436 g/mol. The Balaban J connectivity index is 1.56. The summed E-state index contributed by atoms with van der Waals surface area (Å²) in [7, 11) is -7.34. The summed E-state index contributed by atoms with van der Waals surface area (Å²) in [6, 6.07) is 15.0. The van der Waals surface area contributed by atoms with Gasteiger partial charge in [-0.05, 0) is 31.2 Å². The summed E-state index contributed by atoms with van der Waals surface area (Å²) in [5, 5.41) is 0. The average Bonchev–Trinajstić information content (AvgIpc) is 3.13. The zero-order chi connectivity index (χ0) is 20.7. The molecule has 2 saturated heterocycles. The van der Waals surface area contributed by atoms with E-state index in [0.717, 1.165) is 5.56 Å². The van der Waals surface area contributed by atoms with E-state index in [4.69, 9.17) is 4.74 Å². The van der Waals surface area contributed by atoms with Crippen LogP contribution < -0.4 is 0 Å². The number of aryl methyl sites for hydroxylation is 1. The molecule has 0 atom stereocenters. The maximum atomic E-state index is 13.2. The van der Waals surface area contributed by atoms with Gasteiger partial charge in [-0.2, -0.15) is 8.61 Å². The zero-order valence-corrected chi connectivity index (χ0v) is 17.8. The SMILES string of the molecule is Cc1ccc(S(=O)(=O)N2CCOC23CCN(S(=O)(=O)c2ccccc2)CC3)cc1. The van der Waals surface area contributed by atoms with E-state index in [1.807, 2.05) is 6.92 Å². The van der Waals surface area contributed by atoms with Gasteiger partial charge in [0.15, 0.2) is 0 Å². The molecule has 0 amide bonds. The van der Waals surface area contributed by atoms with Crippen molar-refractivity contribution in [1.82, 2.24) is 8.61 Å². The van der Waals surface area contributed by atoms with Gasteiger partial charge in [0.2, 0.25) is 20.0 Å². The van der Waals surface area contributed by atoms with Crippen LogP contribution in [-0.4, -0.2) is 57.4 Å². The van der Waals surface area contributed by atoms with Crippen molar-refractivity contribution in [2.45, 2.75) is 35.3 Å². The molecule has 0 bridgehead atoms. The largest absolute Gasteiger partial charge is 0.358 e. The molecule has 0 unspecified atom stereocenters. The van der Waals surface area contributed by atoms with E-state index in [-0.39, 0.29) is 29.4 Å². The summed E-state index contributed by atoms with van der Waals surface area (Å²) >= 11 is 0. The lowest BCUT2D eigenvalue weighted by Gasteiger charge is -2.42. The Morgan fingerprint density at radius 1 is 0.793 bits per heavy atom. The molecule has 2 fully saturated rings.